The van der Waals surface area contributed by atoms with Crippen LogP contribution in [0.25, 0.3) is 0 Å². The van der Waals surface area contributed by atoms with Gasteiger partial charge in [0.25, 0.3) is 0 Å². The fraction of sp³-hybridized carbons (Fsp3) is 0.692. The van der Waals surface area contributed by atoms with E-state index in [1.807, 2.05) is 11.3 Å². The molecule has 3 heteroatoms. The second-order valence-electron chi connectivity index (χ2n) is 5.17. The molecule has 2 N–H and O–H groups in total. The molecule has 0 radical (unpaired) electrons. The van der Waals surface area contributed by atoms with E-state index in [2.05, 4.69) is 31.9 Å². The third-order valence-corrected chi connectivity index (χ3v) is 4.65. The first-order chi connectivity index (χ1) is 7.60. The third-order valence-electron chi connectivity index (χ3n) is 3.54. The summed E-state index contributed by atoms with van der Waals surface area (Å²) in [6.45, 7) is 7.54. The van der Waals surface area contributed by atoms with Gasteiger partial charge < -0.3 is 10.6 Å². The first-order valence-corrected chi connectivity index (χ1v) is 6.88. The summed E-state index contributed by atoms with van der Waals surface area (Å²) < 4.78 is 0. The highest BCUT2D eigenvalue weighted by molar-refractivity contribution is 7.12. The second kappa shape index (κ2) is 4.86. The Morgan fingerprint density at radius 2 is 2.25 bits per heavy atom. The molecule has 2 atom stereocenters. The number of rotatable bonds is 5. The maximum atomic E-state index is 5.67. The van der Waals surface area contributed by atoms with E-state index in [-0.39, 0.29) is 0 Å². The maximum absolute atomic E-state index is 5.67. The fourth-order valence-electron chi connectivity index (χ4n) is 2.25. The lowest BCUT2D eigenvalue weighted by atomic mass is 10.2. The molecule has 1 fully saturated rings. The molecule has 0 aliphatic heterocycles. The summed E-state index contributed by atoms with van der Waals surface area (Å²) in [5.41, 5.74) is 7.13. The van der Waals surface area contributed by atoms with Crippen molar-refractivity contribution in [2.24, 2.45) is 17.6 Å². The monoisotopic (exact) mass is 238 g/mol. The van der Waals surface area contributed by atoms with E-state index in [1.165, 1.54) is 28.3 Å². The zero-order chi connectivity index (χ0) is 11.7. The standard InChI is InChI=1S/C13H22N2S/c1-9-4-11(9)7-15(3)8-12-5-13(6-14)16-10(12)2/h5,9,11H,4,6-8,14H2,1-3H3. The minimum absolute atomic E-state index is 0.675. The van der Waals surface area contributed by atoms with Crippen LogP contribution in [-0.4, -0.2) is 18.5 Å². The molecule has 2 rings (SSSR count). The van der Waals surface area contributed by atoms with Gasteiger partial charge in [-0.15, -0.1) is 11.3 Å². The minimum atomic E-state index is 0.675. The van der Waals surface area contributed by atoms with Gasteiger partial charge in [-0.1, -0.05) is 6.92 Å². The number of aryl methyl sites for hydroxylation is 1. The zero-order valence-electron chi connectivity index (χ0n) is 10.5. The highest BCUT2D eigenvalue weighted by Gasteiger charge is 2.33. The van der Waals surface area contributed by atoms with Crippen LogP contribution in [-0.2, 0) is 13.1 Å². The highest BCUT2D eigenvalue weighted by Crippen LogP contribution is 2.38. The van der Waals surface area contributed by atoms with E-state index in [0.717, 1.165) is 18.4 Å². The van der Waals surface area contributed by atoms with Crippen molar-refractivity contribution in [1.29, 1.82) is 0 Å². The Bertz CT molecular complexity index is 359. The first kappa shape index (κ1) is 12.1. The molecule has 1 heterocycles. The molecule has 0 amide bonds. The van der Waals surface area contributed by atoms with E-state index in [0.29, 0.717) is 6.54 Å². The summed E-state index contributed by atoms with van der Waals surface area (Å²) in [5, 5.41) is 0. The lowest BCUT2D eigenvalue weighted by molar-refractivity contribution is 0.307. The van der Waals surface area contributed by atoms with Crippen LogP contribution in [0.2, 0.25) is 0 Å². The third kappa shape index (κ3) is 2.84. The van der Waals surface area contributed by atoms with Crippen molar-refractivity contribution < 1.29 is 0 Å². The number of hydrogen-bond donors (Lipinski definition) is 1. The van der Waals surface area contributed by atoms with Gasteiger partial charge in [-0.25, -0.2) is 0 Å². The largest absolute Gasteiger partial charge is 0.326 e. The first-order valence-electron chi connectivity index (χ1n) is 6.07. The Labute approximate surface area is 102 Å². The Kier molecular flexibility index (Phi) is 3.67. The summed E-state index contributed by atoms with van der Waals surface area (Å²) in [6, 6.07) is 2.27. The Balaban J connectivity index is 1.89. The lowest BCUT2D eigenvalue weighted by Crippen LogP contribution is -2.20. The van der Waals surface area contributed by atoms with E-state index < -0.39 is 0 Å². The number of thiophene rings is 1. The van der Waals surface area contributed by atoms with Crippen molar-refractivity contribution in [2.75, 3.05) is 13.6 Å². The van der Waals surface area contributed by atoms with Crippen LogP contribution in [0.1, 0.15) is 28.7 Å². The molecular formula is C13H22N2S. The van der Waals surface area contributed by atoms with Crippen LogP contribution in [0.4, 0.5) is 0 Å². The average molecular weight is 238 g/mol. The SMILES string of the molecule is Cc1sc(CN)cc1CN(C)CC1CC1C. The number of nitrogens with two attached hydrogens (primary N) is 1. The van der Waals surface area contributed by atoms with Crippen LogP contribution in [0, 0.1) is 18.8 Å². The summed E-state index contributed by atoms with van der Waals surface area (Å²) in [4.78, 5) is 5.18. The molecule has 1 saturated carbocycles. The lowest BCUT2D eigenvalue weighted by Gasteiger charge is -2.16. The van der Waals surface area contributed by atoms with Crippen LogP contribution < -0.4 is 5.73 Å². The van der Waals surface area contributed by atoms with Crippen LogP contribution in [0.3, 0.4) is 0 Å². The summed E-state index contributed by atoms with van der Waals surface area (Å²) in [5.74, 6) is 1.89. The molecule has 2 unspecified atom stereocenters. The van der Waals surface area contributed by atoms with Gasteiger partial charge in [0, 0.05) is 29.4 Å². The molecule has 1 aliphatic carbocycles. The highest BCUT2D eigenvalue weighted by atomic mass is 32.1. The van der Waals surface area contributed by atoms with E-state index in [4.69, 9.17) is 5.73 Å². The molecule has 16 heavy (non-hydrogen) atoms. The second-order valence-corrected chi connectivity index (χ2v) is 6.51. The van der Waals surface area contributed by atoms with Crippen LogP contribution in [0.5, 0.6) is 0 Å². The van der Waals surface area contributed by atoms with Crippen molar-refractivity contribution in [3.05, 3.63) is 21.4 Å². The number of hydrogen-bond acceptors (Lipinski definition) is 3. The molecule has 90 valence electrons. The van der Waals surface area contributed by atoms with Gasteiger partial charge in [-0.3, -0.25) is 0 Å². The van der Waals surface area contributed by atoms with E-state index >= 15 is 0 Å². The molecule has 1 aromatic heterocycles. The topological polar surface area (TPSA) is 29.3 Å². The maximum Gasteiger partial charge on any atom is 0.0274 e. The summed E-state index contributed by atoms with van der Waals surface area (Å²) in [6.07, 6.45) is 1.42. The normalized spacial score (nSPS) is 24.1. The van der Waals surface area contributed by atoms with Crippen molar-refractivity contribution in [3.63, 3.8) is 0 Å². The molecule has 0 saturated heterocycles. The zero-order valence-corrected chi connectivity index (χ0v) is 11.3. The van der Waals surface area contributed by atoms with Gasteiger partial charge in [-0.2, -0.15) is 0 Å². The van der Waals surface area contributed by atoms with Crippen molar-refractivity contribution in [1.82, 2.24) is 4.90 Å². The number of nitrogens with zero attached hydrogens (tertiary/aromatic N) is 1. The van der Waals surface area contributed by atoms with Crippen molar-refractivity contribution in [2.45, 2.75) is 33.4 Å². The van der Waals surface area contributed by atoms with Crippen LogP contribution >= 0.6 is 11.3 Å². The smallest absolute Gasteiger partial charge is 0.0274 e. The van der Waals surface area contributed by atoms with Gasteiger partial charge in [-0.05, 0) is 43.9 Å². The van der Waals surface area contributed by atoms with Gasteiger partial charge in [0.1, 0.15) is 0 Å². The predicted molar refractivity (Wildman–Crippen MR) is 70.6 cm³/mol. The molecule has 0 aromatic carbocycles. The molecule has 1 aliphatic rings. The average Bonchev–Trinajstić information content (AvgIpc) is 2.78. The molecular weight excluding hydrogens is 216 g/mol. The Morgan fingerprint density at radius 1 is 1.56 bits per heavy atom. The van der Waals surface area contributed by atoms with E-state index in [1.54, 1.807) is 0 Å². The fourth-order valence-corrected chi connectivity index (χ4v) is 3.19. The molecule has 0 spiro atoms. The van der Waals surface area contributed by atoms with Crippen LogP contribution in [0.15, 0.2) is 6.07 Å². The minimum Gasteiger partial charge on any atom is -0.326 e. The van der Waals surface area contributed by atoms with Gasteiger partial charge in [0.2, 0.25) is 0 Å². The Morgan fingerprint density at radius 3 is 2.75 bits per heavy atom. The van der Waals surface area contributed by atoms with Gasteiger partial charge in [0.05, 0.1) is 0 Å². The summed E-state index contributed by atoms with van der Waals surface area (Å²) >= 11 is 1.84. The molecule has 0 bridgehead atoms. The Hall–Kier alpha value is -0.380. The van der Waals surface area contributed by atoms with Crippen molar-refractivity contribution >= 4 is 11.3 Å². The van der Waals surface area contributed by atoms with E-state index in [9.17, 15) is 0 Å². The predicted octanol–water partition coefficient (Wildman–Crippen LogP) is 2.60. The summed E-state index contributed by atoms with van der Waals surface area (Å²) in [7, 11) is 2.23. The van der Waals surface area contributed by atoms with Crippen molar-refractivity contribution in [3.8, 4) is 0 Å². The molecule has 1 aromatic rings. The van der Waals surface area contributed by atoms with Gasteiger partial charge >= 0.3 is 0 Å². The molecule has 2 nitrogen and oxygen atoms in total. The van der Waals surface area contributed by atoms with Gasteiger partial charge in [0.15, 0.2) is 0 Å². The quantitative estimate of drug-likeness (QED) is 0.854.